The second-order valence-electron chi connectivity index (χ2n) is 4.88. The SMILES string of the molecule is CC(NC1CCN(C)CC1)c1ccccc1.Cl.Cl. The van der Waals surface area contributed by atoms with Crippen LogP contribution in [-0.2, 0) is 0 Å². The molecule has 4 heteroatoms. The van der Waals surface area contributed by atoms with Crippen LogP contribution >= 0.6 is 24.8 Å². The highest BCUT2D eigenvalue weighted by Gasteiger charge is 2.18. The summed E-state index contributed by atoms with van der Waals surface area (Å²) in [5.41, 5.74) is 1.39. The van der Waals surface area contributed by atoms with Crippen LogP contribution in [0.4, 0.5) is 0 Å². The highest BCUT2D eigenvalue weighted by molar-refractivity contribution is 5.85. The third-order valence-corrected chi connectivity index (χ3v) is 3.50. The van der Waals surface area contributed by atoms with Crippen LogP contribution in [0.1, 0.15) is 31.4 Å². The molecule has 0 aliphatic carbocycles. The molecule has 1 fully saturated rings. The lowest BCUT2D eigenvalue weighted by atomic mass is 10.0. The number of benzene rings is 1. The molecule has 1 atom stereocenters. The minimum atomic E-state index is 0. The lowest BCUT2D eigenvalue weighted by Gasteiger charge is -2.31. The molecule has 2 rings (SSSR count). The highest BCUT2D eigenvalue weighted by Crippen LogP contribution is 2.16. The van der Waals surface area contributed by atoms with Gasteiger partial charge in [-0.1, -0.05) is 30.3 Å². The Labute approximate surface area is 123 Å². The van der Waals surface area contributed by atoms with Crippen LogP contribution in [-0.4, -0.2) is 31.1 Å². The van der Waals surface area contributed by atoms with E-state index in [1.165, 1.54) is 31.5 Å². The molecule has 1 aliphatic rings. The molecule has 1 heterocycles. The summed E-state index contributed by atoms with van der Waals surface area (Å²) >= 11 is 0. The van der Waals surface area contributed by atoms with E-state index in [0.717, 1.165) is 0 Å². The second-order valence-corrected chi connectivity index (χ2v) is 4.88. The standard InChI is InChI=1S/C14H22N2.2ClH/c1-12(13-6-4-3-5-7-13)15-14-8-10-16(2)11-9-14;;/h3-7,12,14-15H,8-11H2,1-2H3;2*1H. The van der Waals surface area contributed by atoms with Gasteiger partial charge in [0.2, 0.25) is 0 Å². The number of hydrogen-bond acceptors (Lipinski definition) is 2. The van der Waals surface area contributed by atoms with E-state index in [2.05, 4.69) is 54.5 Å². The average Bonchev–Trinajstić information content (AvgIpc) is 2.33. The normalized spacial score (nSPS) is 18.6. The van der Waals surface area contributed by atoms with Gasteiger partial charge >= 0.3 is 0 Å². The Morgan fingerprint density at radius 3 is 2.22 bits per heavy atom. The van der Waals surface area contributed by atoms with Gasteiger partial charge in [-0.15, -0.1) is 24.8 Å². The zero-order valence-electron chi connectivity index (χ0n) is 11.1. The molecule has 0 saturated carbocycles. The minimum absolute atomic E-state index is 0. The van der Waals surface area contributed by atoms with Gasteiger partial charge in [-0.3, -0.25) is 0 Å². The summed E-state index contributed by atoms with van der Waals surface area (Å²) in [6, 6.07) is 11.9. The topological polar surface area (TPSA) is 15.3 Å². The van der Waals surface area contributed by atoms with Crippen molar-refractivity contribution < 1.29 is 0 Å². The fourth-order valence-corrected chi connectivity index (χ4v) is 2.37. The molecule has 0 amide bonds. The Hall–Kier alpha value is -0.280. The van der Waals surface area contributed by atoms with Gasteiger partial charge in [-0.2, -0.15) is 0 Å². The molecular formula is C14H24Cl2N2. The van der Waals surface area contributed by atoms with Gasteiger partial charge in [0, 0.05) is 12.1 Å². The second kappa shape index (κ2) is 8.76. The summed E-state index contributed by atoms with van der Waals surface area (Å²) in [5.74, 6) is 0. The summed E-state index contributed by atoms with van der Waals surface area (Å²) in [5, 5.41) is 3.73. The zero-order chi connectivity index (χ0) is 11.4. The smallest absolute Gasteiger partial charge is 0.0294 e. The van der Waals surface area contributed by atoms with Gasteiger partial charge in [0.15, 0.2) is 0 Å². The van der Waals surface area contributed by atoms with E-state index < -0.39 is 0 Å². The molecular weight excluding hydrogens is 267 g/mol. The van der Waals surface area contributed by atoms with Gasteiger partial charge in [0.1, 0.15) is 0 Å². The van der Waals surface area contributed by atoms with Crippen molar-refractivity contribution >= 4 is 24.8 Å². The van der Waals surface area contributed by atoms with Gasteiger partial charge in [0.05, 0.1) is 0 Å². The van der Waals surface area contributed by atoms with Crippen molar-refractivity contribution in [1.29, 1.82) is 0 Å². The van der Waals surface area contributed by atoms with E-state index in [0.29, 0.717) is 12.1 Å². The van der Waals surface area contributed by atoms with Gasteiger partial charge in [-0.05, 0) is 45.5 Å². The van der Waals surface area contributed by atoms with Crippen molar-refractivity contribution in [3.8, 4) is 0 Å². The number of hydrogen-bond donors (Lipinski definition) is 1. The van der Waals surface area contributed by atoms with Gasteiger partial charge in [-0.25, -0.2) is 0 Å². The molecule has 1 unspecified atom stereocenters. The number of halogens is 2. The van der Waals surface area contributed by atoms with Gasteiger partial charge < -0.3 is 10.2 Å². The van der Waals surface area contributed by atoms with Crippen LogP contribution in [0.5, 0.6) is 0 Å². The van der Waals surface area contributed by atoms with Crippen molar-refractivity contribution in [1.82, 2.24) is 10.2 Å². The first kappa shape index (κ1) is 17.7. The predicted molar refractivity (Wildman–Crippen MR) is 83.0 cm³/mol. The third-order valence-electron chi connectivity index (χ3n) is 3.50. The Balaban J connectivity index is 0.00000144. The summed E-state index contributed by atoms with van der Waals surface area (Å²) < 4.78 is 0. The van der Waals surface area contributed by atoms with Crippen molar-refractivity contribution in [2.45, 2.75) is 31.8 Å². The van der Waals surface area contributed by atoms with Crippen LogP contribution in [0.2, 0.25) is 0 Å². The molecule has 0 radical (unpaired) electrons. The van der Waals surface area contributed by atoms with Crippen molar-refractivity contribution in [3.05, 3.63) is 35.9 Å². The highest BCUT2D eigenvalue weighted by atomic mass is 35.5. The third kappa shape index (κ3) is 5.15. The monoisotopic (exact) mass is 290 g/mol. The van der Waals surface area contributed by atoms with Gasteiger partial charge in [0.25, 0.3) is 0 Å². The summed E-state index contributed by atoms with van der Waals surface area (Å²) in [6.45, 7) is 4.70. The average molecular weight is 291 g/mol. The molecule has 1 N–H and O–H groups in total. The molecule has 1 aromatic rings. The quantitative estimate of drug-likeness (QED) is 0.919. The minimum Gasteiger partial charge on any atom is -0.307 e. The lowest BCUT2D eigenvalue weighted by Crippen LogP contribution is -2.41. The first-order chi connectivity index (χ1) is 7.75. The molecule has 0 spiro atoms. The summed E-state index contributed by atoms with van der Waals surface area (Å²) in [7, 11) is 2.21. The summed E-state index contributed by atoms with van der Waals surface area (Å²) in [4.78, 5) is 2.41. The van der Waals surface area contributed by atoms with Crippen molar-refractivity contribution in [3.63, 3.8) is 0 Å². The van der Waals surface area contributed by atoms with E-state index in [1.54, 1.807) is 0 Å². The maximum Gasteiger partial charge on any atom is 0.0294 e. The number of nitrogens with one attached hydrogen (secondary N) is 1. The Kier molecular flexibility index (Phi) is 8.62. The van der Waals surface area contributed by atoms with Crippen LogP contribution in [0.3, 0.4) is 0 Å². The number of rotatable bonds is 3. The molecule has 2 nitrogen and oxygen atoms in total. The Morgan fingerprint density at radius 2 is 1.67 bits per heavy atom. The van der Waals surface area contributed by atoms with Crippen LogP contribution in [0.15, 0.2) is 30.3 Å². The van der Waals surface area contributed by atoms with E-state index in [9.17, 15) is 0 Å². The van der Waals surface area contributed by atoms with Crippen molar-refractivity contribution in [2.75, 3.05) is 20.1 Å². The molecule has 1 aromatic carbocycles. The van der Waals surface area contributed by atoms with Crippen molar-refractivity contribution in [2.24, 2.45) is 0 Å². The predicted octanol–water partition coefficient (Wildman–Crippen LogP) is 3.28. The molecule has 0 aromatic heterocycles. The Morgan fingerprint density at radius 1 is 1.11 bits per heavy atom. The zero-order valence-corrected chi connectivity index (χ0v) is 12.8. The first-order valence-electron chi connectivity index (χ1n) is 6.25. The van der Waals surface area contributed by atoms with Crippen LogP contribution in [0.25, 0.3) is 0 Å². The molecule has 0 bridgehead atoms. The Bertz CT molecular complexity index is 311. The van der Waals surface area contributed by atoms with E-state index >= 15 is 0 Å². The van der Waals surface area contributed by atoms with E-state index in [4.69, 9.17) is 0 Å². The fourth-order valence-electron chi connectivity index (χ4n) is 2.37. The lowest BCUT2D eigenvalue weighted by molar-refractivity contribution is 0.226. The van der Waals surface area contributed by atoms with E-state index in [1.807, 2.05) is 0 Å². The van der Waals surface area contributed by atoms with Crippen LogP contribution in [0, 0.1) is 0 Å². The fraction of sp³-hybridized carbons (Fsp3) is 0.571. The maximum atomic E-state index is 3.73. The maximum absolute atomic E-state index is 3.73. The number of piperidine rings is 1. The largest absolute Gasteiger partial charge is 0.307 e. The number of likely N-dealkylation sites (tertiary alicyclic amines) is 1. The first-order valence-corrected chi connectivity index (χ1v) is 6.25. The number of nitrogens with zero attached hydrogens (tertiary/aromatic N) is 1. The van der Waals surface area contributed by atoms with E-state index in [-0.39, 0.29) is 24.8 Å². The molecule has 18 heavy (non-hydrogen) atoms. The molecule has 1 saturated heterocycles. The van der Waals surface area contributed by atoms with Crippen LogP contribution < -0.4 is 5.32 Å². The molecule has 1 aliphatic heterocycles. The molecule has 104 valence electrons. The summed E-state index contributed by atoms with van der Waals surface area (Å²) in [6.07, 6.45) is 2.54.